The Morgan fingerprint density at radius 1 is 0.900 bits per heavy atom. The van der Waals surface area contributed by atoms with E-state index >= 15 is 0 Å². The highest BCUT2D eigenvalue weighted by molar-refractivity contribution is 8.12. The summed E-state index contributed by atoms with van der Waals surface area (Å²) in [5.74, 6) is 1.20. The molecule has 2 aromatic rings. The van der Waals surface area contributed by atoms with Crippen molar-refractivity contribution in [1.29, 1.82) is 0 Å². The molecule has 0 saturated carbocycles. The molecule has 0 saturated heterocycles. The molecule has 3 rings (SSSR count). The SMILES string of the molecule is C1=[N+](Cc2ccccc2)[C@@H](Cc2ccccc2)CS1.[Br-]. The van der Waals surface area contributed by atoms with Crippen LogP contribution >= 0.6 is 11.8 Å². The van der Waals surface area contributed by atoms with Crippen LogP contribution in [0.2, 0.25) is 0 Å². The van der Waals surface area contributed by atoms with Crippen LogP contribution in [0.25, 0.3) is 0 Å². The third kappa shape index (κ3) is 3.97. The Morgan fingerprint density at radius 2 is 1.50 bits per heavy atom. The lowest BCUT2D eigenvalue weighted by Gasteiger charge is -2.10. The molecule has 104 valence electrons. The zero-order valence-electron chi connectivity index (χ0n) is 11.3. The molecular weight excluding hydrogens is 330 g/mol. The van der Waals surface area contributed by atoms with E-state index in [0.29, 0.717) is 6.04 Å². The average molecular weight is 348 g/mol. The predicted molar refractivity (Wildman–Crippen MR) is 82.9 cm³/mol. The van der Waals surface area contributed by atoms with Crippen molar-refractivity contribution in [2.45, 2.75) is 19.0 Å². The highest BCUT2D eigenvalue weighted by atomic mass is 79.9. The Labute approximate surface area is 135 Å². The second kappa shape index (κ2) is 7.65. The summed E-state index contributed by atoms with van der Waals surface area (Å²) in [5.41, 5.74) is 5.11. The van der Waals surface area contributed by atoms with Crippen LogP contribution in [0.3, 0.4) is 0 Å². The second-order valence-corrected chi connectivity index (χ2v) is 5.82. The molecule has 0 spiro atoms. The lowest BCUT2D eigenvalue weighted by Crippen LogP contribution is -3.00. The molecule has 20 heavy (non-hydrogen) atoms. The first-order valence-electron chi connectivity index (χ1n) is 6.70. The first kappa shape index (κ1) is 15.3. The van der Waals surface area contributed by atoms with Gasteiger partial charge in [0.15, 0.2) is 18.1 Å². The minimum Gasteiger partial charge on any atom is -1.00 e. The first-order chi connectivity index (χ1) is 9.42. The highest BCUT2D eigenvalue weighted by Gasteiger charge is 2.26. The Hall–Kier alpha value is -1.06. The van der Waals surface area contributed by atoms with Gasteiger partial charge in [-0.05, 0) is 5.56 Å². The summed E-state index contributed by atoms with van der Waals surface area (Å²) < 4.78 is 2.48. The van der Waals surface area contributed by atoms with E-state index in [9.17, 15) is 0 Å². The third-order valence-corrected chi connectivity index (χ3v) is 4.49. The largest absolute Gasteiger partial charge is 1.00 e. The summed E-state index contributed by atoms with van der Waals surface area (Å²) in [6.07, 6.45) is 1.14. The maximum atomic E-state index is 2.48. The molecule has 3 heteroatoms. The maximum absolute atomic E-state index is 2.48. The molecule has 1 atom stereocenters. The van der Waals surface area contributed by atoms with Crippen LogP contribution in [-0.4, -0.2) is 21.9 Å². The smallest absolute Gasteiger partial charge is 0.198 e. The van der Waals surface area contributed by atoms with Gasteiger partial charge in [0, 0.05) is 12.0 Å². The molecule has 0 radical (unpaired) electrons. The fourth-order valence-corrected chi connectivity index (χ4v) is 3.51. The lowest BCUT2D eigenvalue weighted by atomic mass is 10.1. The van der Waals surface area contributed by atoms with Gasteiger partial charge in [-0.25, -0.2) is 4.58 Å². The summed E-state index contributed by atoms with van der Waals surface area (Å²) in [5, 5.41) is 0. The number of hydrogen-bond acceptors (Lipinski definition) is 1. The zero-order chi connectivity index (χ0) is 12.9. The molecule has 0 amide bonds. The van der Waals surface area contributed by atoms with E-state index in [1.54, 1.807) is 0 Å². The fraction of sp³-hybridized carbons (Fsp3) is 0.235. The second-order valence-electron chi connectivity index (χ2n) is 4.94. The minimum absolute atomic E-state index is 0. The molecular formula is C17H18BrNS. The van der Waals surface area contributed by atoms with Crippen molar-refractivity contribution in [3.05, 3.63) is 71.8 Å². The molecule has 1 nitrogen and oxygen atoms in total. The van der Waals surface area contributed by atoms with E-state index in [0.717, 1.165) is 13.0 Å². The van der Waals surface area contributed by atoms with Gasteiger partial charge < -0.3 is 17.0 Å². The summed E-state index contributed by atoms with van der Waals surface area (Å²) in [6.45, 7) is 1.02. The average Bonchev–Trinajstić information content (AvgIpc) is 2.88. The zero-order valence-corrected chi connectivity index (χ0v) is 13.7. The summed E-state index contributed by atoms with van der Waals surface area (Å²) in [6, 6.07) is 22.1. The van der Waals surface area contributed by atoms with Crippen LogP contribution in [0.4, 0.5) is 0 Å². The Kier molecular flexibility index (Phi) is 5.86. The van der Waals surface area contributed by atoms with E-state index in [4.69, 9.17) is 0 Å². The monoisotopic (exact) mass is 347 g/mol. The normalized spacial score (nSPS) is 17.4. The number of benzene rings is 2. The van der Waals surface area contributed by atoms with Gasteiger partial charge in [0.25, 0.3) is 0 Å². The van der Waals surface area contributed by atoms with Crippen LogP contribution in [-0.2, 0) is 13.0 Å². The molecule has 0 unspecified atom stereocenters. The highest BCUT2D eigenvalue weighted by Crippen LogP contribution is 2.18. The lowest BCUT2D eigenvalue weighted by molar-refractivity contribution is -0.567. The minimum atomic E-state index is 0. The van der Waals surface area contributed by atoms with Gasteiger partial charge in [0.2, 0.25) is 0 Å². The first-order valence-corrected chi connectivity index (χ1v) is 7.75. The van der Waals surface area contributed by atoms with Crippen LogP contribution in [0.1, 0.15) is 11.1 Å². The molecule has 0 N–H and O–H groups in total. The van der Waals surface area contributed by atoms with E-state index < -0.39 is 0 Å². The predicted octanol–water partition coefficient (Wildman–Crippen LogP) is 0.590. The van der Waals surface area contributed by atoms with Gasteiger partial charge in [0.1, 0.15) is 0 Å². The Balaban J connectivity index is 0.00000147. The summed E-state index contributed by atoms with van der Waals surface area (Å²) in [7, 11) is 0. The van der Waals surface area contributed by atoms with E-state index in [1.807, 2.05) is 11.8 Å². The topological polar surface area (TPSA) is 3.01 Å². The molecule has 1 heterocycles. The van der Waals surface area contributed by atoms with Gasteiger partial charge >= 0.3 is 0 Å². The fourth-order valence-electron chi connectivity index (χ4n) is 2.45. The Morgan fingerprint density at radius 3 is 2.15 bits per heavy atom. The standard InChI is InChI=1S/C17H18NS.BrH/c1-3-7-15(8-4-1)11-17-13-19-14-18(17)12-16-9-5-2-6-10-16;/h1-10,14,17H,11-13H2;1H/q+1;/p-1/t17-;/m0./s1. The van der Waals surface area contributed by atoms with Crippen molar-refractivity contribution in [1.82, 2.24) is 0 Å². The number of thioether (sulfide) groups is 1. The molecule has 0 fully saturated rings. The Bertz CT molecular complexity index is 554. The quantitative estimate of drug-likeness (QED) is 0.731. The molecule has 0 bridgehead atoms. The molecule has 0 aliphatic carbocycles. The number of nitrogens with zero attached hydrogens (tertiary/aromatic N) is 1. The number of hydrogen-bond donors (Lipinski definition) is 0. The van der Waals surface area contributed by atoms with Crippen LogP contribution in [0, 0.1) is 0 Å². The van der Waals surface area contributed by atoms with Crippen molar-refractivity contribution in [3.63, 3.8) is 0 Å². The molecule has 1 aliphatic heterocycles. The van der Waals surface area contributed by atoms with Gasteiger partial charge in [-0.3, -0.25) is 0 Å². The van der Waals surface area contributed by atoms with Crippen LogP contribution in [0.5, 0.6) is 0 Å². The van der Waals surface area contributed by atoms with E-state index in [1.165, 1.54) is 16.9 Å². The van der Waals surface area contributed by atoms with Crippen LogP contribution < -0.4 is 17.0 Å². The summed E-state index contributed by atoms with van der Waals surface area (Å²) >= 11 is 1.93. The maximum Gasteiger partial charge on any atom is 0.198 e. The number of rotatable bonds is 4. The van der Waals surface area contributed by atoms with Gasteiger partial charge in [-0.2, -0.15) is 0 Å². The van der Waals surface area contributed by atoms with E-state index in [-0.39, 0.29) is 17.0 Å². The van der Waals surface area contributed by atoms with Crippen molar-refractivity contribution in [2.24, 2.45) is 0 Å². The summed E-state index contributed by atoms with van der Waals surface area (Å²) in [4.78, 5) is 0. The van der Waals surface area contributed by atoms with Crippen molar-refractivity contribution < 1.29 is 21.6 Å². The van der Waals surface area contributed by atoms with Crippen molar-refractivity contribution in [2.75, 3.05) is 5.75 Å². The van der Waals surface area contributed by atoms with Crippen molar-refractivity contribution >= 4 is 17.3 Å². The van der Waals surface area contributed by atoms with Gasteiger partial charge in [0.05, 0.1) is 5.75 Å². The van der Waals surface area contributed by atoms with E-state index in [2.05, 4.69) is 70.8 Å². The van der Waals surface area contributed by atoms with Gasteiger partial charge in [-0.15, -0.1) is 0 Å². The molecule has 0 aromatic heterocycles. The van der Waals surface area contributed by atoms with Crippen molar-refractivity contribution in [3.8, 4) is 0 Å². The third-order valence-electron chi connectivity index (χ3n) is 3.49. The molecule has 1 aliphatic rings. The molecule has 2 aromatic carbocycles. The number of halogens is 1. The van der Waals surface area contributed by atoms with Crippen LogP contribution in [0.15, 0.2) is 60.7 Å². The van der Waals surface area contributed by atoms with Gasteiger partial charge in [-0.1, -0.05) is 72.4 Å².